The summed E-state index contributed by atoms with van der Waals surface area (Å²) in [4.78, 5) is 10.9. The minimum Gasteiger partial charge on any atom is -0.281 e. The van der Waals surface area contributed by atoms with Gasteiger partial charge in [-0.1, -0.05) is 37.0 Å². The molecule has 0 spiro atoms. The fraction of sp³-hybridized carbons (Fsp3) is 0.625. The van der Waals surface area contributed by atoms with E-state index in [4.69, 9.17) is 34.8 Å². The molecule has 12 heavy (non-hydrogen) atoms. The molecule has 1 aliphatic carbocycles. The van der Waals surface area contributed by atoms with Gasteiger partial charge in [-0.15, -0.1) is 0 Å². The van der Waals surface area contributed by atoms with Gasteiger partial charge in [0, 0.05) is 22.4 Å². The Balaban J connectivity index is 2.80. The molecular weight excluding hydrogens is 218 g/mol. The summed E-state index contributed by atoms with van der Waals surface area (Å²) in [6.45, 7) is 3.90. The summed E-state index contributed by atoms with van der Waals surface area (Å²) in [7, 11) is 0. The van der Waals surface area contributed by atoms with Crippen LogP contribution in [0.25, 0.3) is 0 Å². The minimum atomic E-state index is -0.332. The number of halogens is 3. The average Bonchev–Trinajstić information content (AvgIpc) is 2.52. The first kappa shape index (κ1) is 10.4. The predicted octanol–water partition coefficient (Wildman–Crippen LogP) is 3.34. The van der Waals surface area contributed by atoms with Gasteiger partial charge in [0.25, 0.3) is 0 Å². The van der Waals surface area contributed by atoms with Gasteiger partial charge in [0.15, 0.2) is 0 Å². The molecule has 0 heterocycles. The van der Waals surface area contributed by atoms with E-state index >= 15 is 0 Å². The van der Waals surface area contributed by atoms with Gasteiger partial charge in [-0.25, -0.2) is 0 Å². The SMILES string of the molecule is CC1(C)C(C(=O)Cl)C1/C(Cl)=C/Cl. The highest BCUT2D eigenvalue weighted by Crippen LogP contribution is 2.63. The van der Waals surface area contributed by atoms with Crippen LogP contribution in [-0.4, -0.2) is 5.24 Å². The van der Waals surface area contributed by atoms with Gasteiger partial charge in [0.05, 0.1) is 0 Å². The maximum absolute atomic E-state index is 10.9. The number of carbonyl (C=O) groups excluding carboxylic acids is 1. The molecule has 0 aromatic heterocycles. The highest BCUT2D eigenvalue weighted by Gasteiger charge is 2.62. The Morgan fingerprint density at radius 2 is 1.83 bits per heavy atom. The van der Waals surface area contributed by atoms with E-state index in [9.17, 15) is 4.79 Å². The first-order chi connectivity index (χ1) is 5.42. The Morgan fingerprint density at radius 3 is 2.08 bits per heavy atom. The zero-order valence-electron chi connectivity index (χ0n) is 6.77. The van der Waals surface area contributed by atoms with E-state index in [1.54, 1.807) is 0 Å². The van der Waals surface area contributed by atoms with Gasteiger partial charge in [0.1, 0.15) is 0 Å². The molecule has 0 aliphatic heterocycles. The normalized spacial score (nSPS) is 33.2. The van der Waals surface area contributed by atoms with E-state index in [0.29, 0.717) is 5.03 Å². The maximum Gasteiger partial charge on any atom is 0.225 e. The van der Waals surface area contributed by atoms with Crippen molar-refractivity contribution < 1.29 is 4.79 Å². The summed E-state index contributed by atoms with van der Waals surface area (Å²) in [6, 6.07) is 0. The van der Waals surface area contributed by atoms with Gasteiger partial charge < -0.3 is 0 Å². The van der Waals surface area contributed by atoms with E-state index in [1.807, 2.05) is 13.8 Å². The number of hydrogen-bond donors (Lipinski definition) is 0. The topological polar surface area (TPSA) is 17.1 Å². The molecule has 0 saturated heterocycles. The highest BCUT2D eigenvalue weighted by atomic mass is 35.5. The van der Waals surface area contributed by atoms with Gasteiger partial charge in [-0.2, -0.15) is 0 Å². The Hall–Kier alpha value is 0.280. The van der Waals surface area contributed by atoms with Crippen molar-refractivity contribution in [1.29, 1.82) is 0 Å². The summed E-state index contributed by atoms with van der Waals surface area (Å²) in [5.41, 5.74) is 1.16. The van der Waals surface area contributed by atoms with Crippen LogP contribution in [0.5, 0.6) is 0 Å². The van der Waals surface area contributed by atoms with Gasteiger partial charge in [0.2, 0.25) is 5.24 Å². The quantitative estimate of drug-likeness (QED) is 0.661. The summed E-state index contributed by atoms with van der Waals surface area (Å²) in [6.07, 6.45) is 0. The summed E-state index contributed by atoms with van der Waals surface area (Å²) >= 11 is 16.6. The van der Waals surface area contributed by atoms with Crippen molar-refractivity contribution in [3.8, 4) is 0 Å². The molecule has 0 radical (unpaired) electrons. The lowest BCUT2D eigenvalue weighted by Gasteiger charge is -1.98. The Morgan fingerprint density at radius 1 is 1.33 bits per heavy atom. The minimum absolute atomic E-state index is 0.00154. The number of hydrogen-bond acceptors (Lipinski definition) is 1. The monoisotopic (exact) mass is 226 g/mol. The van der Waals surface area contributed by atoms with Crippen molar-refractivity contribution >= 4 is 40.0 Å². The van der Waals surface area contributed by atoms with E-state index in [2.05, 4.69) is 0 Å². The average molecular weight is 228 g/mol. The van der Waals surface area contributed by atoms with Crippen LogP contribution in [0, 0.1) is 17.3 Å². The molecule has 1 nitrogen and oxygen atoms in total. The number of allylic oxidation sites excluding steroid dienone is 1. The molecule has 0 bridgehead atoms. The van der Waals surface area contributed by atoms with Crippen molar-refractivity contribution in [3.63, 3.8) is 0 Å². The van der Waals surface area contributed by atoms with Crippen LogP contribution < -0.4 is 0 Å². The fourth-order valence-electron chi connectivity index (χ4n) is 1.64. The third-order valence-electron chi connectivity index (χ3n) is 2.47. The van der Waals surface area contributed by atoms with Crippen molar-refractivity contribution in [3.05, 3.63) is 10.6 Å². The molecule has 1 fully saturated rings. The van der Waals surface area contributed by atoms with Gasteiger partial charge in [-0.05, 0) is 17.0 Å². The molecule has 0 amide bonds. The lowest BCUT2D eigenvalue weighted by atomic mass is 10.1. The first-order valence-electron chi connectivity index (χ1n) is 3.58. The standard InChI is InChI=1S/C8H9Cl3O/c1-8(2)5(4(10)3-9)6(8)7(11)12/h3,5-6H,1-2H3/b4-3-. The second-order valence-electron chi connectivity index (χ2n) is 3.57. The first-order valence-corrected chi connectivity index (χ1v) is 4.77. The molecule has 2 atom stereocenters. The molecular formula is C8H9Cl3O. The third kappa shape index (κ3) is 1.50. The number of carbonyl (C=O) groups is 1. The van der Waals surface area contributed by atoms with Crippen molar-refractivity contribution in [2.24, 2.45) is 17.3 Å². The fourth-order valence-corrected chi connectivity index (χ4v) is 2.59. The van der Waals surface area contributed by atoms with Gasteiger partial charge in [-0.3, -0.25) is 4.79 Å². The zero-order valence-corrected chi connectivity index (χ0v) is 9.04. The number of rotatable bonds is 2. The van der Waals surface area contributed by atoms with Crippen LogP contribution >= 0.6 is 34.8 Å². The third-order valence-corrected chi connectivity index (χ3v) is 3.40. The van der Waals surface area contributed by atoms with Crippen LogP contribution in [0.2, 0.25) is 0 Å². The summed E-state index contributed by atoms with van der Waals surface area (Å²) in [5, 5.41) is 0.183. The maximum atomic E-state index is 10.9. The van der Waals surface area contributed by atoms with E-state index in [0.717, 1.165) is 0 Å². The zero-order chi connectivity index (χ0) is 9.52. The molecule has 2 unspecified atom stereocenters. The lowest BCUT2D eigenvalue weighted by Crippen LogP contribution is -1.96. The van der Waals surface area contributed by atoms with E-state index < -0.39 is 0 Å². The Kier molecular flexibility index (Phi) is 2.77. The van der Waals surface area contributed by atoms with Crippen molar-refractivity contribution in [1.82, 2.24) is 0 Å². The molecule has 1 rings (SSSR count). The molecule has 0 N–H and O–H groups in total. The molecule has 0 aromatic rings. The van der Waals surface area contributed by atoms with Gasteiger partial charge >= 0.3 is 0 Å². The molecule has 4 heteroatoms. The highest BCUT2D eigenvalue weighted by molar-refractivity contribution is 6.64. The Labute approximate surface area is 86.7 Å². The molecule has 0 aromatic carbocycles. The molecule has 1 aliphatic rings. The van der Waals surface area contributed by atoms with Crippen LogP contribution in [0.1, 0.15) is 13.8 Å². The molecule has 68 valence electrons. The summed E-state index contributed by atoms with van der Waals surface area (Å²) < 4.78 is 0. The molecule has 1 saturated carbocycles. The van der Waals surface area contributed by atoms with Crippen molar-refractivity contribution in [2.75, 3.05) is 0 Å². The predicted molar refractivity (Wildman–Crippen MR) is 51.4 cm³/mol. The largest absolute Gasteiger partial charge is 0.281 e. The Bertz CT molecular complexity index is 245. The van der Waals surface area contributed by atoms with E-state index in [1.165, 1.54) is 5.54 Å². The summed E-state index contributed by atoms with van der Waals surface area (Å²) in [5.74, 6) is -0.177. The van der Waals surface area contributed by atoms with Crippen molar-refractivity contribution in [2.45, 2.75) is 13.8 Å². The van der Waals surface area contributed by atoms with Crippen LogP contribution in [0.4, 0.5) is 0 Å². The van der Waals surface area contributed by atoms with Crippen LogP contribution in [0.3, 0.4) is 0 Å². The van der Waals surface area contributed by atoms with Crippen LogP contribution in [0.15, 0.2) is 10.6 Å². The lowest BCUT2D eigenvalue weighted by molar-refractivity contribution is -0.113. The smallest absolute Gasteiger partial charge is 0.225 e. The second kappa shape index (κ2) is 3.21. The van der Waals surface area contributed by atoms with E-state index in [-0.39, 0.29) is 22.5 Å². The van der Waals surface area contributed by atoms with Crippen LogP contribution in [-0.2, 0) is 4.79 Å². The second-order valence-corrected chi connectivity index (χ2v) is 4.60.